The smallest absolute Gasteiger partial charge is 0.259 e. The maximum Gasteiger partial charge on any atom is 0.259 e. The average molecular weight is 555 g/mol. The van der Waals surface area contributed by atoms with Crippen molar-refractivity contribution < 1.29 is 18.4 Å². The number of hydrogen-bond donors (Lipinski definition) is 0. The first-order valence-electron chi connectivity index (χ1n) is 10.4. The van der Waals surface area contributed by atoms with Crippen molar-refractivity contribution in [3.8, 4) is 0 Å². The van der Waals surface area contributed by atoms with Gasteiger partial charge in [-0.15, -0.1) is 0 Å². The van der Waals surface area contributed by atoms with Crippen LogP contribution in [0.3, 0.4) is 0 Å². The van der Waals surface area contributed by atoms with Gasteiger partial charge in [0.2, 0.25) is 16.0 Å². The van der Waals surface area contributed by atoms with E-state index >= 15 is 0 Å². The van der Waals surface area contributed by atoms with E-state index in [2.05, 4.69) is 10.2 Å². The molecule has 2 aromatic heterocycles. The quantitative estimate of drug-likeness (QED) is 0.212. The second kappa shape index (κ2) is 9.69. The van der Waals surface area contributed by atoms with Crippen LogP contribution < -0.4 is 10.9 Å². The van der Waals surface area contributed by atoms with Gasteiger partial charge in [-0.1, -0.05) is 23.2 Å². The number of thiocarbonyl (C=S) groups is 1. The molecule has 0 unspecified atom stereocenters. The molecule has 184 valence electrons. The van der Waals surface area contributed by atoms with Gasteiger partial charge < -0.3 is 8.83 Å². The molecule has 0 spiro atoms. The molecule has 0 atom stereocenters. The second-order valence-corrected chi connectivity index (χ2v) is 8.92. The van der Waals surface area contributed by atoms with E-state index in [1.807, 2.05) is 0 Å². The van der Waals surface area contributed by atoms with Crippen LogP contribution in [0.2, 0.25) is 10.0 Å². The Balaban J connectivity index is 1.43. The molecule has 0 aliphatic carbocycles. The highest BCUT2D eigenvalue weighted by Gasteiger charge is 2.35. The first-order valence-corrected chi connectivity index (χ1v) is 11.6. The predicted molar refractivity (Wildman–Crippen MR) is 141 cm³/mol. The lowest BCUT2D eigenvalue weighted by Crippen LogP contribution is -2.50. The number of carbonyl (C=O) groups is 2. The van der Waals surface area contributed by atoms with Crippen molar-refractivity contribution in [1.29, 1.82) is 0 Å². The molecule has 1 aliphatic rings. The van der Waals surface area contributed by atoms with E-state index in [0.29, 0.717) is 21.2 Å². The highest BCUT2D eigenvalue weighted by atomic mass is 35.5. The van der Waals surface area contributed by atoms with Crippen molar-refractivity contribution in [2.24, 2.45) is 10.2 Å². The van der Waals surface area contributed by atoms with Crippen molar-refractivity contribution in [2.75, 3.05) is 0 Å². The monoisotopic (exact) mass is 554 g/mol. The fourth-order valence-electron chi connectivity index (χ4n) is 3.46. The summed E-state index contributed by atoms with van der Waals surface area (Å²) in [5, 5.41) is 10.2. The minimum Gasteiger partial charge on any atom is -0.463 e. The SMILES string of the molecule is O=C1CC(=O)N(/N=C/c2coc3ccc(Cl)cc3c2=O)C(=S)N1/N=C/c1coc2ccc(Cl)cc2c1=O. The third-order valence-corrected chi connectivity index (χ3v) is 6.10. The van der Waals surface area contributed by atoms with E-state index in [1.165, 1.54) is 24.7 Å². The number of amides is 2. The van der Waals surface area contributed by atoms with Crippen LogP contribution in [-0.4, -0.2) is 39.4 Å². The number of halogens is 2. The molecule has 0 bridgehead atoms. The maximum atomic E-state index is 12.8. The van der Waals surface area contributed by atoms with Crippen LogP contribution in [0.5, 0.6) is 0 Å². The Morgan fingerprint density at radius 2 is 1.19 bits per heavy atom. The minimum absolute atomic E-state index is 0.0183. The number of hydrogen-bond acceptors (Lipinski definition) is 9. The zero-order chi connectivity index (χ0) is 26.3. The van der Waals surface area contributed by atoms with Gasteiger partial charge >= 0.3 is 0 Å². The van der Waals surface area contributed by atoms with Crippen molar-refractivity contribution >= 4 is 86.7 Å². The lowest BCUT2D eigenvalue weighted by molar-refractivity contribution is -0.140. The van der Waals surface area contributed by atoms with Crippen LogP contribution in [0.15, 0.2) is 77.6 Å². The Bertz CT molecular complexity index is 1680. The summed E-state index contributed by atoms with van der Waals surface area (Å²) in [6, 6.07) is 9.15. The normalized spacial score (nSPS) is 14.7. The Morgan fingerprint density at radius 3 is 1.62 bits per heavy atom. The highest BCUT2D eigenvalue weighted by molar-refractivity contribution is 7.80. The van der Waals surface area contributed by atoms with Gasteiger partial charge in [0, 0.05) is 10.0 Å². The standard InChI is InChI=1S/C24H12Cl2N4O6S/c25-14-1-3-18-16(5-14)22(33)12(10-35-18)8-27-29-20(31)7-21(32)30(24(29)37)28-9-13-11-36-19-4-2-15(26)6-17(19)23(13)34/h1-6,8-11H,7H2/b27-8+,28-9+. The zero-order valence-corrected chi connectivity index (χ0v) is 20.7. The topological polar surface area (TPSA) is 126 Å². The first-order chi connectivity index (χ1) is 17.7. The van der Waals surface area contributed by atoms with Gasteiger partial charge in [-0.05, 0) is 48.6 Å². The summed E-state index contributed by atoms with van der Waals surface area (Å²) in [5.41, 5.74) is -0.186. The van der Waals surface area contributed by atoms with Gasteiger partial charge in [0.1, 0.15) is 30.1 Å². The van der Waals surface area contributed by atoms with Gasteiger partial charge in [0.05, 0.1) is 34.3 Å². The van der Waals surface area contributed by atoms with Crippen LogP contribution in [0.25, 0.3) is 21.9 Å². The van der Waals surface area contributed by atoms with Crippen LogP contribution in [0.4, 0.5) is 0 Å². The molecule has 4 aromatic rings. The number of fused-ring (bicyclic) bond motifs is 2. The molecule has 0 saturated carbocycles. The average Bonchev–Trinajstić information content (AvgIpc) is 2.86. The molecule has 3 heterocycles. The lowest BCUT2D eigenvalue weighted by Gasteiger charge is -2.28. The van der Waals surface area contributed by atoms with E-state index in [-0.39, 0.29) is 27.0 Å². The molecular weight excluding hydrogens is 543 g/mol. The maximum absolute atomic E-state index is 12.8. The molecular formula is C24H12Cl2N4O6S. The largest absolute Gasteiger partial charge is 0.463 e. The third-order valence-electron chi connectivity index (χ3n) is 5.28. The van der Waals surface area contributed by atoms with Crippen LogP contribution >= 0.6 is 35.4 Å². The van der Waals surface area contributed by atoms with Gasteiger partial charge in [-0.2, -0.15) is 20.2 Å². The van der Waals surface area contributed by atoms with Gasteiger partial charge in [0.25, 0.3) is 11.8 Å². The number of rotatable bonds is 4. The molecule has 0 radical (unpaired) electrons. The summed E-state index contributed by atoms with van der Waals surface area (Å²) < 4.78 is 10.9. The molecule has 2 aromatic carbocycles. The van der Waals surface area contributed by atoms with E-state index < -0.39 is 29.1 Å². The summed E-state index contributed by atoms with van der Waals surface area (Å²) in [7, 11) is 0. The Morgan fingerprint density at radius 1 is 0.757 bits per heavy atom. The Kier molecular flexibility index (Phi) is 6.42. The number of hydrazone groups is 2. The molecule has 5 rings (SSSR count). The summed E-state index contributed by atoms with van der Waals surface area (Å²) in [6.45, 7) is 0. The zero-order valence-electron chi connectivity index (χ0n) is 18.4. The molecule has 13 heteroatoms. The van der Waals surface area contributed by atoms with Crippen LogP contribution in [0.1, 0.15) is 17.5 Å². The predicted octanol–water partition coefficient (Wildman–Crippen LogP) is 3.92. The van der Waals surface area contributed by atoms with E-state index in [9.17, 15) is 19.2 Å². The number of nitrogens with zero attached hydrogens (tertiary/aromatic N) is 4. The van der Waals surface area contributed by atoms with Crippen LogP contribution in [-0.2, 0) is 9.59 Å². The van der Waals surface area contributed by atoms with Crippen molar-refractivity contribution in [2.45, 2.75) is 6.42 Å². The second-order valence-electron chi connectivity index (χ2n) is 7.68. The number of benzene rings is 2. The summed E-state index contributed by atoms with van der Waals surface area (Å²) in [6.07, 6.45) is 3.90. The number of carbonyl (C=O) groups excluding carboxylic acids is 2. The first kappa shape index (κ1) is 24.5. The fraction of sp³-hybridized carbons (Fsp3) is 0.0417. The third kappa shape index (κ3) is 4.67. The molecule has 0 N–H and O–H groups in total. The molecule has 10 nitrogen and oxygen atoms in total. The molecule has 2 amide bonds. The minimum atomic E-state index is -0.731. The summed E-state index contributed by atoms with van der Waals surface area (Å²) >= 11 is 17.2. The van der Waals surface area contributed by atoms with E-state index in [1.54, 1.807) is 24.3 Å². The molecule has 1 fully saturated rings. The fourth-order valence-corrected chi connectivity index (χ4v) is 4.11. The summed E-state index contributed by atoms with van der Waals surface area (Å²) in [4.78, 5) is 50.4. The van der Waals surface area contributed by atoms with Crippen LogP contribution in [0, 0.1) is 0 Å². The van der Waals surface area contributed by atoms with E-state index in [0.717, 1.165) is 22.4 Å². The van der Waals surface area contributed by atoms with Gasteiger partial charge in [0.15, 0.2) is 0 Å². The molecule has 1 aliphatic heterocycles. The van der Waals surface area contributed by atoms with Crippen molar-refractivity contribution in [3.05, 3.63) is 90.5 Å². The van der Waals surface area contributed by atoms with Crippen molar-refractivity contribution in [3.63, 3.8) is 0 Å². The molecule has 37 heavy (non-hydrogen) atoms. The van der Waals surface area contributed by atoms with Crippen molar-refractivity contribution in [1.82, 2.24) is 10.0 Å². The molecule has 1 saturated heterocycles. The lowest BCUT2D eigenvalue weighted by atomic mass is 10.2. The highest BCUT2D eigenvalue weighted by Crippen LogP contribution is 2.19. The van der Waals surface area contributed by atoms with Gasteiger partial charge in [-0.25, -0.2) is 0 Å². The Labute approximate surface area is 222 Å². The van der Waals surface area contributed by atoms with Gasteiger partial charge in [-0.3, -0.25) is 19.2 Å². The summed E-state index contributed by atoms with van der Waals surface area (Å²) in [5.74, 6) is -1.46. The Hall–Kier alpha value is -4.19. The van der Waals surface area contributed by atoms with E-state index in [4.69, 9.17) is 44.3 Å².